The van der Waals surface area contributed by atoms with Gasteiger partial charge in [0.15, 0.2) is 17.5 Å². The van der Waals surface area contributed by atoms with Crippen molar-refractivity contribution in [2.45, 2.75) is 6.54 Å². The van der Waals surface area contributed by atoms with Gasteiger partial charge in [0.2, 0.25) is 5.91 Å². The minimum Gasteiger partial charge on any atom is -0.489 e. The third-order valence-corrected chi connectivity index (χ3v) is 4.03. The first-order chi connectivity index (χ1) is 13.5. The van der Waals surface area contributed by atoms with Crippen molar-refractivity contribution in [3.63, 3.8) is 0 Å². The lowest BCUT2D eigenvalue weighted by atomic mass is 10.2. The molecule has 0 aliphatic rings. The Hall–Kier alpha value is -3.09. The fourth-order valence-corrected chi connectivity index (χ4v) is 2.33. The Morgan fingerprint density at radius 2 is 1.75 bits per heavy atom. The van der Waals surface area contributed by atoms with Gasteiger partial charge < -0.3 is 19.9 Å². The summed E-state index contributed by atoms with van der Waals surface area (Å²) in [5.41, 5.74) is 1.07. The summed E-state index contributed by atoms with van der Waals surface area (Å²) in [5.74, 6) is 0.354. The zero-order chi connectivity index (χ0) is 20.4. The molecule has 28 heavy (non-hydrogen) atoms. The van der Waals surface area contributed by atoms with Crippen LogP contribution in [0.15, 0.2) is 59.6 Å². The van der Waals surface area contributed by atoms with Crippen molar-refractivity contribution in [3.05, 3.63) is 66.0 Å². The van der Waals surface area contributed by atoms with E-state index in [2.05, 4.69) is 10.3 Å². The minimum absolute atomic E-state index is 0.0524. The molecule has 0 saturated carbocycles. The van der Waals surface area contributed by atoms with E-state index in [1.807, 2.05) is 42.3 Å². The van der Waals surface area contributed by atoms with E-state index in [-0.39, 0.29) is 24.8 Å². The fourth-order valence-electron chi connectivity index (χ4n) is 2.33. The van der Waals surface area contributed by atoms with Crippen molar-refractivity contribution in [2.75, 3.05) is 40.8 Å². The third kappa shape index (κ3) is 6.90. The summed E-state index contributed by atoms with van der Waals surface area (Å²) >= 11 is 0. The molecule has 0 fully saturated rings. The second-order valence-electron chi connectivity index (χ2n) is 6.47. The minimum atomic E-state index is -0.391. The number of guanidine groups is 1. The molecule has 1 N–H and O–H groups in total. The van der Waals surface area contributed by atoms with Gasteiger partial charge in [-0.25, -0.2) is 9.38 Å². The topological polar surface area (TPSA) is 57.2 Å². The highest BCUT2D eigenvalue weighted by Gasteiger charge is 2.11. The van der Waals surface area contributed by atoms with Crippen LogP contribution in [0.2, 0.25) is 0 Å². The van der Waals surface area contributed by atoms with Gasteiger partial charge in [-0.05, 0) is 17.7 Å². The summed E-state index contributed by atoms with van der Waals surface area (Å²) in [6.45, 7) is 1.38. The predicted molar refractivity (Wildman–Crippen MR) is 109 cm³/mol. The van der Waals surface area contributed by atoms with Gasteiger partial charge in [-0.2, -0.15) is 0 Å². The van der Waals surface area contributed by atoms with Crippen LogP contribution >= 0.6 is 0 Å². The predicted octanol–water partition coefficient (Wildman–Crippen LogP) is 2.37. The smallest absolute Gasteiger partial charge is 0.241 e. The molecule has 2 aromatic rings. The van der Waals surface area contributed by atoms with Gasteiger partial charge in [-0.15, -0.1) is 0 Å². The summed E-state index contributed by atoms with van der Waals surface area (Å²) in [4.78, 5) is 19.9. The standard InChI is InChI=1S/C21H27FN4O2/c1-25(2)20(27)16-24-21(23-15-17-9-5-4-6-10-17)26(3)13-14-28-19-12-8-7-11-18(19)22/h4-12H,13-16H2,1-3H3,(H,23,24). The molecule has 0 atom stereocenters. The van der Waals surface area contributed by atoms with Crippen LogP contribution in [0, 0.1) is 5.82 Å². The lowest BCUT2D eigenvalue weighted by molar-refractivity contribution is -0.127. The van der Waals surface area contributed by atoms with E-state index in [0.717, 1.165) is 5.56 Å². The van der Waals surface area contributed by atoms with Gasteiger partial charge in [-0.3, -0.25) is 4.79 Å². The summed E-state index contributed by atoms with van der Waals surface area (Å²) in [6.07, 6.45) is 0. The van der Waals surface area contributed by atoms with Crippen LogP contribution in [0.4, 0.5) is 4.39 Å². The number of para-hydroxylation sites is 1. The summed E-state index contributed by atoms with van der Waals surface area (Å²) < 4.78 is 19.2. The average Bonchev–Trinajstić information content (AvgIpc) is 2.69. The SMILES string of the molecule is CN(C)C(=O)CNC(=NCc1ccccc1)N(C)CCOc1ccccc1F. The molecule has 2 aromatic carbocycles. The number of aliphatic imine (C=N–C) groups is 1. The summed E-state index contributed by atoms with van der Waals surface area (Å²) in [5, 5.41) is 3.09. The lowest BCUT2D eigenvalue weighted by Gasteiger charge is -2.23. The Morgan fingerprint density at radius 3 is 2.43 bits per heavy atom. The number of benzene rings is 2. The normalized spacial score (nSPS) is 11.1. The molecule has 0 unspecified atom stereocenters. The third-order valence-electron chi connectivity index (χ3n) is 4.03. The zero-order valence-electron chi connectivity index (χ0n) is 16.6. The molecule has 6 nitrogen and oxygen atoms in total. The number of nitrogens with one attached hydrogen (secondary N) is 1. The van der Waals surface area contributed by atoms with Gasteiger partial charge >= 0.3 is 0 Å². The van der Waals surface area contributed by atoms with Crippen LogP contribution in [0.1, 0.15) is 5.56 Å². The van der Waals surface area contributed by atoms with Gasteiger partial charge in [0.05, 0.1) is 19.6 Å². The van der Waals surface area contributed by atoms with Crippen LogP contribution in [-0.4, -0.2) is 62.5 Å². The molecule has 0 saturated heterocycles. The van der Waals surface area contributed by atoms with Gasteiger partial charge in [0.25, 0.3) is 0 Å². The number of carbonyl (C=O) groups excluding carboxylic acids is 1. The molecular weight excluding hydrogens is 359 g/mol. The highest BCUT2D eigenvalue weighted by Crippen LogP contribution is 2.15. The van der Waals surface area contributed by atoms with Crippen molar-refractivity contribution < 1.29 is 13.9 Å². The number of likely N-dealkylation sites (N-methyl/N-ethyl adjacent to an activating group) is 2. The van der Waals surface area contributed by atoms with Crippen LogP contribution in [0.3, 0.4) is 0 Å². The maximum atomic E-state index is 13.6. The Bertz CT molecular complexity index is 781. The number of hydrogen-bond donors (Lipinski definition) is 1. The number of nitrogens with zero attached hydrogens (tertiary/aromatic N) is 3. The molecule has 1 amide bonds. The van der Waals surface area contributed by atoms with Crippen LogP contribution in [0.5, 0.6) is 5.75 Å². The first-order valence-corrected chi connectivity index (χ1v) is 9.08. The van der Waals surface area contributed by atoms with Crippen LogP contribution < -0.4 is 10.1 Å². The number of rotatable bonds is 8. The molecule has 0 aliphatic carbocycles. The second-order valence-corrected chi connectivity index (χ2v) is 6.47. The van der Waals surface area contributed by atoms with E-state index in [1.165, 1.54) is 11.0 Å². The van der Waals surface area contributed by atoms with Gasteiger partial charge in [-0.1, -0.05) is 42.5 Å². The molecule has 0 radical (unpaired) electrons. The molecule has 0 bridgehead atoms. The van der Waals surface area contributed by atoms with E-state index >= 15 is 0 Å². The van der Waals surface area contributed by atoms with E-state index in [9.17, 15) is 9.18 Å². The van der Waals surface area contributed by atoms with E-state index < -0.39 is 5.82 Å². The van der Waals surface area contributed by atoms with E-state index in [1.54, 1.807) is 32.3 Å². The van der Waals surface area contributed by atoms with Crippen molar-refractivity contribution in [3.8, 4) is 5.75 Å². The Balaban J connectivity index is 1.97. The molecule has 150 valence electrons. The Morgan fingerprint density at radius 1 is 1.07 bits per heavy atom. The van der Waals surface area contributed by atoms with E-state index in [4.69, 9.17) is 4.74 Å². The first kappa shape index (κ1) is 21.2. The Kier molecular flexibility index (Phi) is 8.27. The lowest BCUT2D eigenvalue weighted by Crippen LogP contribution is -2.45. The molecule has 0 aromatic heterocycles. The highest BCUT2D eigenvalue weighted by molar-refractivity contribution is 5.86. The molecule has 0 spiro atoms. The fraction of sp³-hybridized carbons (Fsp3) is 0.333. The zero-order valence-corrected chi connectivity index (χ0v) is 16.6. The second kappa shape index (κ2) is 10.9. The number of ether oxygens (including phenoxy) is 1. The van der Waals surface area contributed by atoms with Gasteiger partial charge in [0.1, 0.15) is 6.61 Å². The number of halogens is 1. The van der Waals surface area contributed by atoms with Crippen LogP contribution in [0.25, 0.3) is 0 Å². The maximum Gasteiger partial charge on any atom is 0.241 e. The Labute approximate surface area is 165 Å². The number of amides is 1. The first-order valence-electron chi connectivity index (χ1n) is 9.08. The molecular formula is C21H27FN4O2. The molecule has 0 heterocycles. The molecule has 0 aliphatic heterocycles. The largest absolute Gasteiger partial charge is 0.489 e. The van der Waals surface area contributed by atoms with Gasteiger partial charge in [0, 0.05) is 21.1 Å². The van der Waals surface area contributed by atoms with Crippen molar-refractivity contribution >= 4 is 11.9 Å². The monoisotopic (exact) mass is 386 g/mol. The maximum absolute atomic E-state index is 13.6. The van der Waals surface area contributed by atoms with Crippen molar-refractivity contribution in [1.82, 2.24) is 15.1 Å². The number of carbonyl (C=O) groups is 1. The highest BCUT2D eigenvalue weighted by atomic mass is 19.1. The summed E-state index contributed by atoms with van der Waals surface area (Å²) in [7, 11) is 5.26. The van der Waals surface area contributed by atoms with Crippen molar-refractivity contribution in [1.29, 1.82) is 0 Å². The average molecular weight is 386 g/mol. The molecule has 7 heteroatoms. The number of hydrogen-bond acceptors (Lipinski definition) is 3. The molecule has 2 rings (SSSR count). The summed E-state index contributed by atoms with van der Waals surface area (Å²) in [6, 6.07) is 16.2. The quantitative estimate of drug-likeness (QED) is 0.559. The van der Waals surface area contributed by atoms with Crippen LogP contribution in [-0.2, 0) is 11.3 Å². The van der Waals surface area contributed by atoms with E-state index in [0.29, 0.717) is 19.0 Å². The van der Waals surface area contributed by atoms with Crippen molar-refractivity contribution in [2.24, 2.45) is 4.99 Å².